The number of aromatic nitrogens is 2. The summed E-state index contributed by atoms with van der Waals surface area (Å²) in [5.41, 5.74) is 7.14. The molecule has 3 rings (SSSR count). The molecule has 0 saturated heterocycles. The highest BCUT2D eigenvalue weighted by Gasteiger charge is 2.28. The molecule has 1 aromatic heterocycles. The third-order valence-electron chi connectivity index (χ3n) is 3.47. The molecule has 23 heavy (non-hydrogen) atoms. The molecule has 0 unspecified atom stereocenters. The van der Waals surface area contributed by atoms with Crippen molar-refractivity contribution in [3.8, 4) is 5.88 Å². The molecule has 1 heterocycles. The van der Waals surface area contributed by atoms with Gasteiger partial charge in [-0.3, -0.25) is 0 Å². The van der Waals surface area contributed by atoms with E-state index in [1.54, 1.807) is 18.3 Å². The van der Waals surface area contributed by atoms with Crippen molar-refractivity contribution in [3.05, 3.63) is 41.8 Å². The molecule has 0 spiro atoms. The van der Waals surface area contributed by atoms with Crippen molar-refractivity contribution in [2.75, 3.05) is 18.5 Å². The van der Waals surface area contributed by atoms with Crippen molar-refractivity contribution >= 4 is 24.0 Å². The fourth-order valence-corrected chi connectivity index (χ4v) is 2.17. The lowest BCUT2D eigenvalue weighted by Gasteiger charge is -2.11. The van der Waals surface area contributed by atoms with Gasteiger partial charge in [-0.2, -0.15) is 4.98 Å². The minimum Gasteiger partial charge on any atom is -0.477 e. The number of benzene rings is 1. The van der Waals surface area contributed by atoms with Crippen molar-refractivity contribution in [1.82, 2.24) is 9.97 Å². The van der Waals surface area contributed by atoms with Crippen LogP contribution < -0.4 is 15.8 Å². The highest BCUT2D eigenvalue weighted by atomic mass is 35.5. The van der Waals surface area contributed by atoms with Gasteiger partial charge < -0.3 is 15.8 Å². The van der Waals surface area contributed by atoms with Gasteiger partial charge in [0.2, 0.25) is 11.8 Å². The Kier molecular flexibility index (Phi) is 6.12. The zero-order valence-electron chi connectivity index (χ0n) is 12.7. The molecule has 7 heteroatoms. The summed E-state index contributed by atoms with van der Waals surface area (Å²) in [5.74, 6) is 1.19. The van der Waals surface area contributed by atoms with Gasteiger partial charge in [-0.1, -0.05) is 6.07 Å². The molecule has 0 aliphatic heterocycles. The lowest BCUT2D eigenvalue weighted by atomic mass is 10.2. The number of ether oxygens (including phenoxy) is 1. The van der Waals surface area contributed by atoms with Crippen LogP contribution in [-0.2, 0) is 0 Å². The summed E-state index contributed by atoms with van der Waals surface area (Å²) in [6, 6.07) is 6.18. The van der Waals surface area contributed by atoms with Crippen LogP contribution in [0.4, 0.5) is 16.0 Å². The first-order chi connectivity index (χ1) is 10.8. The molecule has 0 amide bonds. The standard InChI is InChI=1S/C16H19FN4O.ClH/c17-12-3-1-4-13(9-12)20-16-19-10-14(11-5-6-11)15(21-16)22-8-2-7-18;/h1,3-4,9-11H,2,5-8,18H2,(H,19,20,21);1H. The molecule has 1 aromatic carbocycles. The molecule has 1 aliphatic rings. The summed E-state index contributed by atoms with van der Waals surface area (Å²) in [6.45, 7) is 1.12. The highest BCUT2D eigenvalue weighted by molar-refractivity contribution is 5.85. The van der Waals surface area contributed by atoms with Crippen LogP contribution in [0.5, 0.6) is 5.88 Å². The maximum atomic E-state index is 13.2. The van der Waals surface area contributed by atoms with Crippen LogP contribution in [0.1, 0.15) is 30.7 Å². The number of hydrogen-bond donors (Lipinski definition) is 2. The molecule has 0 bridgehead atoms. The molecule has 0 radical (unpaired) electrons. The van der Waals surface area contributed by atoms with Gasteiger partial charge in [-0.15, -0.1) is 12.4 Å². The van der Waals surface area contributed by atoms with Crippen LogP contribution in [0.25, 0.3) is 0 Å². The number of nitrogens with two attached hydrogens (primary N) is 1. The van der Waals surface area contributed by atoms with E-state index in [4.69, 9.17) is 10.5 Å². The minimum absolute atomic E-state index is 0. The Hall–Kier alpha value is -1.92. The zero-order valence-corrected chi connectivity index (χ0v) is 13.5. The monoisotopic (exact) mass is 338 g/mol. The van der Waals surface area contributed by atoms with Crippen LogP contribution in [0, 0.1) is 5.82 Å². The molecule has 124 valence electrons. The van der Waals surface area contributed by atoms with Crippen LogP contribution in [0.3, 0.4) is 0 Å². The Labute approximate surface area is 140 Å². The zero-order chi connectivity index (χ0) is 15.4. The fourth-order valence-electron chi connectivity index (χ4n) is 2.17. The van der Waals surface area contributed by atoms with Crippen molar-refractivity contribution < 1.29 is 9.13 Å². The lowest BCUT2D eigenvalue weighted by Crippen LogP contribution is -2.09. The van der Waals surface area contributed by atoms with Gasteiger partial charge in [-0.25, -0.2) is 9.37 Å². The summed E-state index contributed by atoms with van der Waals surface area (Å²) >= 11 is 0. The topological polar surface area (TPSA) is 73.1 Å². The molecule has 2 aromatic rings. The molecule has 0 atom stereocenters. The number of hydrogen-bond acceptors (Lipinski definition) is 5. The molecule has 1 saturated carbocycles. The first kappa shape index (κ1) is 17.4. The predicted octanol–water partition coefficient (Wildman–Crippen LogP) is 3.39. The van der Waals surface area contributed by atoms with Crippen LogP contribution in [-0.4, -0.2) is 23.1 Å². The van der Waals surface area contributed by atoms with E-state index in [-0.39, 0.29) is 18.2 Å². The van der Waals surface area contributed by atoms with Crippen molar-refractivity contribution in [2.24, 2.45) is 5.73 Å². The number of halogens is 2. The maximum Gasteiger partial charge on any atom is 0.230 e. The van der Waals surface area contributed by atoms with E-state index in [1.807, 2.05) is 0 Å². The quantitative estimate of drug-likeness (QED) is 0.757. The van der Waals surface area contributed by atoms with Crippen molar-refractivity contribution in [1.29, 1.82) is 0 Å². The fraction of sp³-hybridized carbons (Fsp3) is 0.375. The maximum absolute atomic E-state index is 13.2. The SMILES string of the molecule is Cl.NCCCOc1nc(Nc2cccc(F)c2)ncc1C1CC1. The van der Waals surface area contributed by atoms with Gasteiger partial charge in [0.05, 0.1) is 6.61 Å². The van der Waals surface area contributed by atoms with Crippen molar-refractivity contribution in [3.63, 3.8) is 0 Å². The third kappa shape index (κ3) is 4.77. The number of rotatable bonds is 7. The van der Waals surface area contributed by atoms with E-state index >= 15 is 0 Å². The average Bonchev–Trinajstić information content (AvgIpc) is 3.32. The Balaban J connectivity index is 0.00000192. The Morgan fingerprint density at radius 1 is 1.35 bits per heavy atom. The van der Waals surface area contributed by atoms with Crippen LogP contribution in [0.2, 0.25) is 0 Å². The van der Waals surface area contributed by atoms with E-state index in [0.717, 1.165) is 24.8 Å². The number of anilines is 2. The first-order valence-corrected chi connectivity index (χ1v) is 7.48. The highest BCUT2D eigenvalue weighted by Crippen LogP contribution is 2.43. The normalized spacial score (nSPS) is 13.3. The molecular weight excluding hydrogens is 319 g/mol. The second kappa shape index (κ2) is 8.08. The lowest BCUT2D eigenvalue weighted by molar-refractivity contribution is 0.298. The van der Waals surface area contributed by atoms with Gasteiger partial charge in [-0.05, 0) is 49.9 Å². The largest absolute Gasteiger partial charge is 0.477 e. The van der Waals surface area contributed by atoms with Gasteiger partial charge in [0.25, 0.3) is 0 Å². The van der Waals surface area contributed by atoms with E-state index < -0.39 is 0 Å². The summed E-state index contributed by atoms with van der Waals surface area (Å²) in [5, 5.41) is 3.00. The predicted molar refractivity (Wildman–Crippen MR) is 90.1 cm³/mol. The van der Waals surface area contributed by atoms with Crippen LogP contribution >= 0.6 is 12.4 Å². The Morgan fingerprint density at radius 2 is 2.17 bits per heavy atom. The summed E-state index contributed by atoms with van der Waals surface area (Å²) in [7, 11) is 0. The molecule has 3 N–H and O–H groups in total. The number of nitrogens with zero attached hydrogens (tertiary/aromatic N) is 2. The van der Waals surface area contributed by atoms with Gasteiger partial charge in [0.1, 0.15) is 5.82 Å². The third-order valence-corrected chi connectivity index (χ3v) is 3.47. The van der Waals surface area contributed by atoms with E-state index in [0.29, 0.717) is 36.6 Å². The summed E-state index contributed by atoms with van der Waals surface area (Å²) in [6.07, 6.45) is 4.87. The smallest absolute Gasteiger partial charge is 0.230 e. The average molecular weight is 339 g/mol. The van der Waals surface area contributed by atoms with Gasteiger partial charge in [0, 0.05) is 17.4 Å². The van der Waals surface area contributed by atoms with E-state index in [2.05, 4.69) is 15.3 Å². The van der Waals surface area contributed by atoms with Crippen molar-refractivity contribution in [2.45, 2.75) is 25.2 Å². The minimum atomic E-state index is -0.306. The molecular formula is C16H20ClFN4O. The van der Waals surface area contributed by atoms with Crippen LogP contribution in [0.15, 0.2) is 30.5 Å². The molecule has 1 fully saturated rings. The van der Waals surface area contributed by atoms with Gasteiger partial charge >= 0.3 is 0 Å². The molecule has 1 aliphatic carbocycles. The Morgan fingerprint density at radius 3 is 2.87 bits per heavy atom. The molecule has 5 nitrogen and oxygen atoms in total. The van der Waals surface area contributed by atoms with E-state index in [1.165, 1.54) is 12.1 Å². The summed E-state index contributed by atoms with van der Waals surface area (Å²) < 4.78 is 19.0. The first-order valence-electron chi connectivity index (χ1n) is 7.48. The second-order valence-electron chi connectivity index (χ2n) is 5.35. The Bertz CT molecular complexity index is 652. The second-order valence-corrected chi connectivity index (χ2v) is 5.35. The van der Waals surface area contributed by atoms with E-state index in [9.17, 15) is 4.39 Å². The van der Waals surface area contributed by atoms with Gasteiger partial charge in [0.15, 0.2) is 0 Å². The number of nitrogens with one attached hydrogen (secondary N) is 1. The summed E-state index contributed by atoms with van der Waals surface area (Å²) in [4.78, 5) is 8.73.